The summed E-state index contributed by atoms with van der Waals surface area (Å²) in [6, 6.07) is 8.41. The van der Waals surface area contributed by atoms with Gasteiger partial charge in [-0.3, -0.25) is 0 Å². The molecule has 1 rings (SSSR count). The fourth-order valence-electron chi connectivity index (χ4n) is 1.19. The van der Waals surface area contributed by atoms with Gasteiger partial charge in [-0.05, 0) is 12.0 Å². The van der Waals surface area contributed by atoms with Gasteiger partial charge in [-0.15, -0.1) is 0 Å². The Labute approximate surface area is 76.6 Å². The summed E-state index contributed by atoms with van der Waals surface area (Å²) in [5.41, 5.74) is -1.33. The summed E-state index contributed by atoms with van der Waals surface area (Å²) in [5.74, 6) is -1.21. The second kappa shape index (κ2) is 3.58. The number of carbonyl (C=O) groups is 1. The number of hydrogen-bond donors (Lipinski definition) is 2. The molecular weight excluding hydrogens is 168 g/mol. The highest BCUT2D eigenvalue weighted by Crippen LogP contribution is 2.24. The van der Waals surface area contributed by atoms with E-state index in [1.807, 2.05) is 0 Å². The maximum atomic E-state index is 10.8. The molecule has 0 spiro atoms. The Morgan fingerprint density at radius 1 is 1.38 bits per heavy atom. The fourth-order valence-corrected chi connectivity index (χ4v) is 1.19. The summed E-state index contributed by atoms with van der Waals surface area (Å²) in [5, 5.41) is 18.6. The maximum absolute atomic E-state index is 10.8. The molecule has 0 aliphatic heterocycles. The highest BCUT2D eigenvalue weighted by molar-refractivity contribution is 5.78. The van der Waals surface area contributed by atoms with Gasteiger partial charge in [-0.2, -0.15) is 0 Å². The van der Waals surface area contributed by atoms with Crippen molar-refractivity contribution in [2.45, 2.75) is 18.9 Å². The van der Waals surface area contributed by atoms with E-state index in [0.29, 0.717) is 5.56 Å². The molecule has 3 heteroatoms. The molecule has 0 amide bonds. The van der Waals surface area contributed by atoms with E-state index in [-0.39, 0.29) is 6.42 Å². The van der Waals surface area contributed by atoms with E-state index in [0.717, 1.165) is 0 Å². The van der Waals surface area contributed by atoms with Gasteiger partial charge in [-0.25, -0.2) is 4.79 Å². The summed E-state index contributed by atoms with van der Waals surface area (Å²) < 4.78 is 0. The number of rotatable bonds is 3. The minimum absolute atomic E-state index is 0.159. The molecule has 2 N–H and O–H groups in total. The molecule has 70 valence electrons. The van der Waals surface area contributed by atoms with Crippen molar-refractivity contribution in [1.29, 1.82) is 0 Å². The third-order valence-corrected chi connectivity index (χ3v) is 2.12. The van der Waals surface area contributed by atoms with Crippen molar-refractivity contribution >= 4 is 5.97 Å². The monoisotopic (exact) mass is 180 g/mol. The zero-order chi connectivity index (χ0) is 9.90. The summed E-state index contributed by atoms with van der Waals surface area (Å²) >= 11 is 0. The van der Waals surface area contributed by atoms with Crippen LogP contribution in [0.1, 0.15) is 18.9 Å². The standard InChI is InChI=1S/C10H12O3/c1-2-10(13,9(11)12)8-6-4-3-5-7-8/h3-7,13H,2H2,1H3,(H,11,12)/t10-/m1/s1. The molecule has 0 aliphatic carbocycles. The molecule has 0 bridgehead atoms. The van der Waals surface area contributed by atoms with Crippen LogP contribution in [-0.2, 0) is 10.4 Å². The quantitative estimate of drug-likeness (QED) is 0.738. The molecule has 0 fully saturated rings. The molecular formula is C10H12O3. The topological polar surface area (TPSA) is 57.5 Å². The molecule has 1 atom stereocenters. The Hall–Kier alpha value is -1.35. The zero-order valence-corrected chi connectivity index (χ0v) is 7.40. The van der Waals surface area contributed by atoms with E-state index in [9.17, 15) is 9.90 Å². The molecule has 0 aromatic heterocycles. The van der Waals surface area contributed by atoms with Crippen molar-refractivity contribution in [3.05, 3.63) is 35.9 Å². The average Bonchev–Trinajstić information content (AvgIpc) is 2.17. The predicted molar refractivity (Wildman–Crippen MR) is 48.3 cm³/mol. The van der Waals surface area contributed by atoms with Crippen molar-refractivity contribution in [3.8, 4) is 0 Å². The first-order chi connectivity index (χ1) is 6.11. The lowest BCUT2D eigenvalue weighted by molar-refractivity contribution is -0.160. The van der Waals surface area contributed by atoms with Gasteiger partial charge < -0.3 is 10.2 Å². The smallest absolute Gasteiger partial charge is 0.340 e. The van der Waals surface area contributed by atoms with Crippen LogP contribution in [0.3, 0.4) is 0 Å². The molecule has 0 aliphatic rings. The summed E-state index contributed by atoms with van der Waals surface area (Å²) in [7, 11) is 0. The largest absolute Gasteiger partial charge is 0.479 e. The Kier molecular flexibility index (Phi) is 2.68. The molecule has 13 heavy (non-hydrogen) atoms. The van der Waals surface area contributed by atoms with Gasteiger partial charge >= 0.3 is 5.97 Å². The van der Waals surface area contributed by atoms with Crippen LogP contribution in [0.5, 0.6) is 0 Å². The van der Waals surface area contributed by atoms with Crippen molar-refractivity contribution in [2.75, 3.05) is 0 Å². The summed E-state index contributed by atoms with van der Waals surface area (Å²) in [6.07, 6.45) is 0.159. The van der Waals surface area contributed by atoms with E-state index < -0.39 is 11.6 Å². The van der Waals surface area contributed by atoms with Crippen LogP contribution in [0, 0.1) is 0 Å². The van der Waals surface area contributed by atoms with Gasteiger partial charge in [0.1, 0.15) is 0 Å². The fraction of sp³-hybridized carbons (Fsp3) is 0.300. The number of carboxylic acid groups (broad SMARTS) is 1. The first-order valence-corrected chi connectivity index (χ1v) is 4.12. The van der Waals surface area contributed by atoms with Crippen LogP contribution in [0.4, 0.5) is 0 Å². The first-order valence-electron chi connectivity index (χ1n) is 4.12. The third-order valence-electron chi connectivity index (χ3n) is 2.12. The highest BCUT2D eigenvalue weighted by atomic mass is 16.4. The minimum Gasteiger partial charge on any atom is -0.479 e. The van der Waals surface area contributed by atoms with E-state index in [2.05, 4.69) is 0 Å². The SMILES string of the molecule is CC[C@](O)(C(=O)O)c1ccccc1. The van der Waals surface area contributed by atoms with Crippen LogP contribution in [0.2, 0.25) is 0 Å². The molecule has 0 radical (unpaired) electrons. The average molecular weight is 180 g/mol. The van der Waals surface area contributed by atoms with Crippen LogP contribution in [0.15, 0.2) is 30.3 Å². The van der Waals surface area contributed by atoms with Crippen LogP contribution < -0.4 is 0 Å². The number of aliphatic carboxylic acids is 1. The molecule has 1 aromatic carbocycles. The second-order valence-electron chi connectivity index (χ2n) is 2.89. The molecule has 0 unspecified atom stereocenters. The molecule has 0 saturated heterocycles. The van der Waals surface area contributed by atoms with Gasteiger partial charge in [0.25, 0.3) is 0 Å². The molecule has 1 aromatic rings. The van der Waals surface area contributed by atoms with E-state index in [1.165, 1.54) is 0 Å². The second-order valence-corrected chi connectivity index (χ2v) is 2.89. The van der Waals surface area contributed by atoms with Gasteiger partial charge in [0.15, 0.2) is 5.60 Å². The highest BCUT2D eigenvalue weighted by Gasteiger charge is 2.35. The maximum Gasteiger partial charge on any atom is 0.340 e. The van der Waals surface area contributed by atoms with Crippen molar-refractivity contribution in [3.63, 3.8) is 0 Å². The van der Waals surface area contributed by atoms with Gasteiger partial charge in [-0.1, -0.05) is 37.3 Å². The lowest BCUT2D eigenvalue weighted by Crippen LogP contribution is -2.34. The van der Waals surface area contributed by atoms with Crippen molar-refractivity contribution in [1.82, 2.24) is 0 Å². The van der Waals surface area contributed by atoms with E-state index >= 15 is 0 Å². The summed E-state index contributed by atoms with van der Waals surface area (Å²) in [6.45, 7) is 1.64. The van der Waals surface area contributed by atoms with Crippen molar-refractivity contribution in [2.24, 2.45) is 0 Å². The molecule has 3 nitrogen and oxygen atoms in total. The lowest BCUT2D eigenvalue weighted by Gasteiger charge is -2.21. The number of carboxylic acids is 1. The lowest BCUT2D eigenvalue weighted by atomic mass is 9.91. The normalized spacial score (nSPS) is 14.9. The Morgan fingerprint density at radius 2 is 1.92 bits per heavy atom. The van der Waals surface area contributed by atoms with Gasteiger partial charge in [0, 0.05) is 0 Å². The molecule has 0 heterocycles. The Bertz CT molecular complexity index is 294. The number of hydrogen-bond acceptors (Lipinski definition) is 2. The molecule has 0 saturated carbocycles. The number of benzene rings is 1. The first kappa shape index (κ1) is 9.74. The van der Waals surface area contributed by atoms with Crippen molar-refractivity contribution < 1.29 is 15.0 Å². The third kappa shape index (κ3) is 1.70. The Morgan fingerprint density at radius 3 is 2.31 bits per heavy atom. The Balaban J connectivity index is 3.11. The van der Waals surface area contributed by atoms with Crippen LogP contribution in [-0.4, -0.2) is 16.2 Å². The van der Waals surface area contributed by atoms with Gasteiger partial charge in [0.05, 0.1) is 0 Å². The van der Waals surface area contributed by atoms with Crippen LogP contribution >= 0.6 is 0 Å². The van der Waals surface area contributed by atoms with E-state index in [1.54, 1.807) is 37.3 Å². The summed E-state index contributed by atoms with van der Waals surface area (Å²) in [4.78, 5) is 10.8. The zero-order valence-electron chi connectivity index (χ0n) is 7.40. The van der Waals surface area contributed by atoms with Gasteiger partial charge in [0.2, 0.25) is 0 Å². The minimum atomic E-state index is -1.75. The van der Waals surface area contributed by atoms with E-state index in [4.69, 9.17) is 5.11 Å². The predicted octanol–water partition coefficient (Wildman–Crippen LogP) is 1.37. The number of aliphatic hydroxyl groups is 1. The van der Waals surface area contributed by atoms with Crippen LogP contribution in [0.25, 0.3) is 0 Å².